The van der Waals surface area contributed by atoms with Gasteiger partial charge in [-0.2, -0.15) is 5.26 Å². The fraction of sp³-hybridized carbons (Fsp3) is 0.444. The molecule has 2 aromatic rings. The van der Waals surface area contributed by atoms with E-state index in [4.69, 9.17) is 4.74 Å². The Balaban J connectivity index is 1.92. The van der Waals surface area contributed by atoms with E-state index in [-0.39, 0.29) is 5.78 Å². The maximum Gasteiger partial charge on any atom is 0.187 e. The van der Waals surface area contributed by atoms with Crippen molar-refractivity contribution in [3.05, 3.63) is 41.5 Å². The van der Waals surface area contributed by atoms with Gasteiger partial charge in [-0.05, 0) is 31.9 Å². The number of hydrogen-bond acceptors (Lipinski definition) is 5. The Hall–Kier alpha value is -2.68. The summed E-state index contributed by atoms with van der Waals surface area (Å²) in [7, 11) is 0. The standard InChI is InChI=1S/C18H20N4O2/c1-2-24-14-8-6-7-13(11-14)17(23)15(12-19)18-21-20-16-9-4-3-5-10-22(16)18/h6-8,11,15H,2-5,9-10H2,1H3/t15-/m1/s1. The van der Waals surface area contributed by atoms with Crippen molar-refractivity contribution in [1.29, 1.82) is 5.26 Å². The lowest BCUT2D eigenvalue weighted by Gasteiger charge is -2.12. The van der Waals surface area contributed by atoms with Crippen LogP contribution in [-0.4, -0.2) is 27.2 Å². The number of carbonyl (C=O) groups excluding carboxylic acids is 1. The van der Waals surface area contributed by atoms with Gasteiger partial charge in [0, 0.05) is 18.5 Å². The van der Waals surface area contributed by atoms with Crippen LogP contribution in [0.3, 0.4) is 0 Å². The average Bonchev–Trinajstić information content (AvgIpc) is 2.84. The first-order chi connectivity index (χ1) is 11.7. The van der Waals surface area contributed by atoms with Crippen LogP contribution in [0.15, 0.2) is 24.3 Å². The van der Waals surface area contributed by atoms with Crippen molar-refractivity contribution in [3.63, 3.8) is 0 Å². The summed E-state index contributed by atoms with van der Waals surface area (Å²) in [6.07, 6.45) is 4.06. The van der Waals surface area contributed by atoms with Gasteiger partial charge in [-0.1, -0.05) is 18.6 Å². The Morgan fingerprint density at radius 2 is 2.25 bits per heavy atom. The number of fused-ring (bicyclic) bond motifs is 1. The van der Waals surface area contributed by atoms with E-state index < -0.39 is 5.92 Å². The van der Waals surface area contributed by atoms with Gasteiger partial charge in [0.25, 0.3) is 0 Å². The minimum absolute atomic E-state index is 0.265. The number of aromatic nitrogens is 3. The molecule has 0 unspecified atom stereocenters. The molecule has 6 nitrogen and oxygen atoms in total. The molecule has 24 heavy (non-hydrogen) atoms. The van der Waals surface area contributed by atoms with Crippen LogP contribution in [0, 0.1) is 11.3 Å². The predicted molar refractivity (Wildman–Crippen MR) is 87.9 cm³/mol. The van der Waals surface area contributed by atoms with Crippen LogP contribution in [0.1, 0.15) is 54.1 Å². The third-order valence-corrected chi connectivity index (χ3v) is 4.22. The smallest absolute Gasteiger partial charge is 0.187 e. The van der Waals surface area contributed by atoms with Gasteiger partial charge in [-0.3, -0.25) is 4.79 Å². The van der Waals surface area contributed by atoms with Crippen LogP contribution in [-0.2, 0) is 13.0 Å². The zero-order valence-corrected chi connectivity index (χ0v) is 13.7. The molecule has 0 radical (unpaired) electrons. The summed E-state index contributed by atoms with van der Waals surface area (Å²) in [4.78, 5) is 12.8. The van der Waals surface area contributed by atoms with Crippen LogP contribution in [0.2, 0.25) is 0 Å². The summed E-state index contributed by atoms with van der Waals surface area (Å²) in [5, 5.41) is 17.9. The van der Waals surface area contributed by atoms with E-state index in [1.165, 1.54) is 0 Å². The summed E-state index contributed by atoms with van der Waals surface area (Å²) >= 11 is 0. The molecule has 0 amide bonds. The number of benzene rings is 1. The lowest BCUT2D eigenvalue weighted by Crippen LogP contribution is -2.17. The van der Waals surface area contributed by atoms with Crippen molar-refractivity contribution in [3.8, 4) is 11.8 Å². The van der Waals surface area contributed by atoms with E-state index in [0.717, 1.165) is 38.1 Å². The molecule has 2 heterocycles. The van der Waals surface area contributed by atoms with Gasteiger partial charge in [-0.15, -0.1) is 10.2 Å². The van der Waals surface area contributed by atoms with E-state index in [0.29, 0.717) is 23.7 Å². The maximum atomic E-state index is 12.8. The summed E-state index contributed by atoms with van der Waals surface area (Å²) in [6.45, 7) is 3.18. The molecule has 0 aliphatic carbocycles. The number of ether oxygens (including phenoxy) is 1. The number of rotatable bonds is 5. The molecule has 0 saturated carbocycles. The van der Waals surface area contributed by atoms with Gasteiger partial charge in [-0.25, -0.2) is 0 Å². The molecule has 3 rings (SSSR count). The lowest BCUT2D eigenvalue weighted by atomic mass is 9.97. The summed E-state index contributed by atoms with van der Waals surface area (Å²) in [5.41, 5.74) is 0.457. The minimum atomic E-state index is -0.943. The Morgan fingerprint density at radius 3 is 3.04 bits per heavy atom. The van der Waals surface area contributed by atoms with E-state index in [1.807, 2.05) is 11.5 Å². The number of aryl methyl sites for hydroxylation is 1. The van der Waals surface area contributed by atoms with E-state index >= 15 is 0 Å². The Bertz CT molecular complexity index is 776. The minimum Gasteiger partial charge on any atom is -0.494 e. The van der Waals surface area contributed by atoms with Crippen molar-refractivity contribution in [2.45, 2.75) is 45.1 Å². The Morgan fingerprint density at radius 1 is 1.38 bits per heavy atom. The SMILES string of the molecule is CCOc1cccc(C(=O)[C@@H](C#N)c2nnc3n2CCCCC3)c1. The molecule has 0 bridgehead atoms. The molecule has 1 atom stereocenters. The van der Waals surface area contributed by atoms with Crippen molar-refractivity contribution < 1.29 is 9.53 Å². The van der Waals surface area contributed by atoms with Crippen molar-refractivity contribution in [2.24, 2.45) is 0 Å². The highest BCUT2D eigenvalue weighted by atomic mass is 16.5. The van der Waals surface area contributed by atoms with E-state index in [1.54, 1.807) is 24.3 Å². The van der Waals surface area contributed by atoms with Crippen molar-refractivity contribution >= 4 is 5.78 Å². The molecule has 6 heteroatoms. The van der Waals surface area contributed by atoms with Gasteiger partial charge in [0.15, 0.2) is 17.5 Å². The molecule has 1 aliphatic rings. The zero-order valence-electron chi connectivity index (χ0n) is 13.7. The summed E-state index contributed by atoms with van der Waals surface area (Å²) in [5.74, 6) is 0.750. The second-order valence-corrected chi connectivity index (χ2v) is 5.82. The van der Waals surface area contributed by atoms with Crippen molar-refractivity contribution in [1.82, 2.24) is 14.8 Å². The van der Waals surface area contributed by atoms with Gasteiger partial charge in [0.05, 0.1) is 12.7 Å². The van der Waals surface area contributed by atoms with Gasteiger partial charge >= 0.3 is 0 Å². The Labute approximate surface area is 141 Å². The van der Waals surface area contributed by atoms with Crippen LogP contribution in [0.25, 0.3) is 0 Å². The fourth-order valence-electron chi connectivity index (χ4n) is 3.03. The summed E-state index contributed by atoms with van der Waals surface area (Å²) in [6, 6.07) is 9.05. The van der Waals surface area contributed by atoms with Crippen LogP contribution in [0.5, 0.6) is 5.75 Å². The third kappa shape index (κ3) is 3.16. The zero-order chi connectivity index (χ0) is 16.9. The number of Topliss-reactive ketones (excluding diaryl/α,β-unsaturated/α-hetero) is 1. The normalized spacial score (nSPS) is 15.0. The number of nitriles is 1. The molecular weight excluding hydrogens is 304 g/mol. The highest BCUT2D eigenvalue weighted by molar-refractivity contribution is 6.02. The third-order valence-electron chi connectivity index (χ3n) is 4.22. The molecule has 124 valence electrons. The topological polar surface area (TPSA) is 80.8 Å². The second kappa shape index (κ2) is 7.26. The van der Waals surface area contributed by atoms with Crippen LogP contribution >= 0.6 is 0 Å². The Kier molecular flexibility index (Phi) is 4.90. The highest BCUT2D eigenvalue weighted by Gasteiger charge is 2.29. The summed E-state index contributed by atoms with van der Waals surface area (Å²) < 4.78 is 7.39. The van der Waals surface area contributed by atoms with E-state index in [9.17, 15) is 10.1 Å². The molecule has 1 aromatic carbocycles. The second-order valence-electron chi connectivity index (χ2n) is 5.82. The largest absolute Gasteiger partial charge is 0.494 e. The monoisotopic (exact) mass is 324 g/mol. The average molecular weight is 324 g/mol. The first-order valence-electron chi connectivity index (χ1n) is 8.33. The maximum absolute atomic E-state index is 12.8. The molecular formula is C18H20N4O2. The van der Waals surface area contributed by atoms with Gasteiger partial charge in [0.1, 0.15) is 11.6 Å². The molecule has 0 saturated heterocycles. The number of ketones is 1. The fourth-order valence-corrected chi connectivity index (χ4v) is 3.03. The number of nitrogens with zero attached hydrogens (tertiary/aromatic N) is 4. The molecule has 0 spiro atoms. The van der Waals surface area contributed by atoms with Crippen LogP contribution in [0.4, 0.5) is 0 Å². The molecule has 0 fully saturated rings. The highest BCUT2D eigenvalue weighted by Crippen LogP contribution is 2.24. The molecule has 0 N–H and O–H groups in total. The van der Waals surface area contributed by atoms with Crippen LogP contribution < -0.4 is 4.74 Å². The molecule has 1 aromatic heterocycles. The van der Waals surface area contributed by atoms with Gasteiger partial charge in [0.2, 0.25) is 0 Å². The van der Waals surface area contributed by atoms with Crippen molar-refractivity contribution in [2.75, 3.05) is 6.61 Å². The number of hydrogen-bond donors (Lipinski definition) is 0. The lowest BCUT2D eigenvalue weighted by molar-refractivity contribution is 0.0974. The first-order valence-corrected chi connectivity index (χ1v) is 8.33. The quantitative estimate of drug-likeness (QED) is 0.790. The van der Waals surface area contributed by atoms with E-state index in [2.05, 4.69) is 16.3 Å². The first kappa shape index (κ1) is 16.2. The molecule has 1 aliphatic heterocycles. The predicted octanol–water partition coefficient (Wildman–Crippen LogP) is 2.89. The van der Waals surface area contributed by atoms with Gasteiger partial charge < -0.3 is 9.30 Å². The number of carbonyl (C=O) groups is 1.